The number of aryl methyl sites for hydroxylation is 1. The number of ether oxygens (including phenoxy) is 2. The molecule has 0 saturated carbocycles. The molecule has 1 aromatic carbocycles. The summed E-state index contributed by atoms with van der Waals surface area (Å²) in [7, 11) is 0. The zero-order chi connectivity index (χ0) is 23.3. The number of carbonyl (C=O) groups excluding carboxylic acids is 1. The van der Waals surface area contributed by atoms with Crippen LogP contribution in [0.5, 0.6) is 11.5 Å². The lowest BCUT2D eigenvalue weighted by Crippen LogP contribution is -2.38. The lowest BCUT2D eigenvalue weighted by molar-refractivity contribution is -0.116. The van der Waals surface area contributed by atoms with Crippen LogP contribution in [0, 0.1) is 6.92 Å². The summed E-state index contributed by atoms with van der Waals surface area (Å²) in [5.74, 6) is 0.941. The third-order valence-corrected chi connectivity index (χ3v) is 4.14. The first-order valence-corrected chi connectivity index (χ1v) is 10.4. The maximum atomic E-state index is 12.9. The molecule has 2 aromatic rings. The van der Waals surface area contributed by atoms with Crippen molar-refractivity contribution in [3.05, 3.63) is 47.7 Å². The number of carbonyl (C=O) groups is 1. The third kappa shape index (κ3) is 10.2. The lowest BCUT2D eigenvalue weighted by Gasteiger charge is -2.15. The summed E-state index contributed by atoms with van der Waals surface area (Å²) in [5, 5.41) is 8.84. The topological polar surface area (TPSA) is 96.9 Å². The van der Waals surface area contributed by atoms with Crippen molar-refractivity contribution in [2.75, 3.05) is 25.0 Å². The number of guanidine groups is 1. The van der Waals surface area contributed by atoms with Crippen LogP contribution in [0.3, 0.4) is 0 Å². The summed E-state index contributed by atoms with van der Waals surface area (Å²) >= 11 is 0. The molecule has 0 saturated heterocycles. The molecule has 0 fully saturated rings. The zero-order valence-corrected chi connectivity index (χ0v) is 21.2. The maximum Gasteiger partial charge on any atom is 0.387 e. The van der Waals surface area contributed by atoms with E-state index in [9.17, 15) is 13.6 Å². The van der Waals surface area contributed by atoms with Crippen LogP contribution < -0.4 is 25.4 Å². The molecule has 1 aromatic heterocycles. The van der Waals surface area contributed by atoms with E-state index >= 15 is 0 Å². The smallest absolute Gasteiger partial charge is 0.387 e. The number of aromatic nitrogens is 1. The largest absolute Gasteiger partial charge is 0.490 e. The Morgan fingerprint density at radius 3 is 2.61 bits per heavy atom. The van der Waals surface area contributed by atoms with E-state index in [1.54, 1.807) is 37.4 Å². The highest BCUT2D eigenvalue weighted by Crippen LogP contribution is 2.33. The van der Waals surface area contributed by atoms with Crippen molar-refractivity contribution in [2.45, 2.75) is 40.3 Å². The molecular formula is C22H30F2IN5O3. The zero-order valence-electron chi connectivity index (χ0n) is 18.9. The normalized spacial score (nSPS) is 10.9. The molecule has 1 amide bonds. The molecule has 0 aliphatic heterocycles. The van der Waals surface area contributed by atoms with E-state index in [1.165, 1.54) is 0 Å². The molecular weight excluding hydrogens is 547 g/mol. The Kier molecular flexibility index (Phi) is 13.0. The fourth-order valence-electron chi connectivity index (χ4n) is 2.73. The Bertz CT molecular complexity index is 898. The van der Waals surface area contributed by atoms with Crippen molar-refractivity contribution < 1.29 is 23.0 Å². The minimum atomic E-state index is -2.98. The molecule has 0 spiro atoms. The number of para-hydroxylation sites is 1. The number of aliphatic imine (C=N–C) groups is 1. The highest BCUT2D eigenvalue weighted by atomic mass is 127. The molecule has 3 N–H and O–H groups in total. The predicted octanol–water partition coefficient (Wildman–Crippen LogP) is 4.09. The van der Waals surface area contributed by atoms with Gasteiger partial charge in [-0.25, -0.2) is 9.98 Å². The Hall–Kier alpha value is -2.70. The average molecular weight is 577 g/mol. The summed E-state index contributed by atoms with van der Waals surface area (Å²) in [4.78, 5) is 20.7. The molecule has 33 heavy (non-hydrogen) atoms. The van der Waals surface area contributed by atoms with E-state index in [2.05, 4.69) is 30.7 Å². The van der Waals surface area contributed by atoms with Crippen molar-refractivity contribution in [1.29, 1.82) is 0 Å². The van der Waals surface area contributed by atoms with Gasteiger partial charge >= 0.3 is 6.61 Å². The molecule has 0 atom stereocenters. The summed E-state index contributed by atoms with van der Waals surface area (Å²) in [6.07, 6.45) is 1.87. The first-order chi connectivity index (χ1) is 15.4. The van der Waals surface area contributed by atoms with E-state index in [4.69, 9.17) is 4.74 Å². The van der Waals surface area contributed by atoms with E-state index in [0.717, 1.165) is 5.56 Å². The standard InChI is InChI=1S/C22H29F2N5O3.HI/c1-4-25-22(26-12-11-19(30)29-18-10-9-15(3)13-27-18)28-14-16-7-6-8-17(31-5-2)20(16)32-21(23)24;/h6-10,13,21H,4-5,11-12,14H2,1-3H3,(H2,25,26,28)(H,27,29,30);1H. The Labute approximate surface area is 209 Å². The number of anilines is 1. The van der Waals surface area contributed by atoms with E-state index in [-0.39, 0.29) is 54.3 Å². The number of benzene rings is 1. The van der Waals surface area contributed by atoms with Crippen LogP contribution in [-0.4, -0.2) is 43.2 Å². The van der Waals surface area contributed by atoms with Gasteiger partial charge in [0.15, 0.2) is 17.5 Å². The second kappa shape index (κ2) is 15.2. The van der Waals surface area contributed by atoms with Gasteiger partial charge in [-0.1, -0.05) is 18.2 Å². The van der Waals surface area contributed by atoms with Crippen LogP contribution in [0.15, 0.2) is 41.5 Å². The van der Waals surface area contributed by atoms with Crippen molar-refractivity contribution in [3.8, 4) is 11.5 Å². The average Bonchev–Trinajstić information content (AvgIpc) is 2.75. The van der Waals surface area contributed by atoms with Crippen LogP contribution in [0.25, 0.3) is 0 Å². The molecule has 0 aliphatic rings. The fraction of sp³-hybridized carbons (Fsp3) is 0.409. The van der Waals surface area contributed by atoms with Gasteiger partial charge in [0.05, 0.1) is 13.2 Å². The molecule has 8 nitrogen and oxygen atoms in total. The molecule has 182 valence electrons. The van der Waals surface area contributed by atoms with E-state index in [0.29, 0.717) is 37.0 Å². The second-order valence-corrected chi connectivity index (χ2v) is 6.70. The van der Waals surface area contributed by atoms with Gasteiger partial charge in [-0.3, -0.25) is 4.79 Å². The second-order valence-electron chi connectivity index (χ2n) is 6.70. The summed E-state index contributed by atoms with van der Waals surface area (Å²) < 4.78 is 35.8. The van der Waals surface area contributed by atoms with E-state index in [1.807, 2.05) is 19.9 Å². The highest BCUT2D eigenvalue weighted by molar-refractivity contribution is 14.0. The molecule has 11 heteroatoms. The van der Waals surface area contributed by atoms with Crippen LogP contribution in [0.2, 0.25) is 0 Å². The van der Waals surface area contributed by atoms with Crippen molar-refractivity contribution in [3.63, 3.8) is 0 Å². The number of pyridine rings is 1. The summed E-state index contributed by atoms with van der Waals surface area (Å²) in [5.41, 5.74) is 1.46. The molecule has 0 unspecified atom stereocenters. The van der Waals surface area contributed by atoms with Crippen LogP contribution in [0.4, 0.5) is 14.6 Å². The van der Waals surface area contributed by atoms with Gasteiger partial charge < -0.3 is 25.4 Å². The number of nitrogens with one attached hydrogen (secondary N) is 3. The fourth-order valence-corrected chi connectivity index (χ4v) is 2.73. The molecule has 0 radical (unpaired) electrons. The van der Waals surface area contributed by atoms with Gasteiger partial charge in [0.2, 0.25) is 5.91 Å². The summed E-state index contributed by atoms with van der Waals surface area (Å²) in [6, 6.07) is 8.51. The Balaban J connectivity index is 0.00000544. The van der Waals surface area contributed by atoms with Crippen molar-refractivity contribution in [2.24, 2.45) is 4.99 Å². The highest BCUT2D eigenvalue weighted by Gasteiger charge is 2.15. The first kappa shape index (κ1) is 28.3. The van der Waals surface area contributed by atoms with Gasteiger partial charge in [-0.2, -0.15) is 8.78 Å². The van der Waals surface area contributed by atoms with Crippen molar-refractivity contribution in [1.82, 2.24) is 15.6 Å². The van der Waals surface area contributed by atoms with E-state index < -0.39 is 6.61 Å². The number of alkyl halides is 2. The third-order valence-electron chi connectivity index (χ3n) is 4.14. The number of rotatable bonds is 11. The van der Waals surface area contributed by atoms with Crippen molar-refractivity contribution >= 4 is 41.7 Å². The summed E-state index contributed by atoms with van der Waals surface area (Å²) in [6.45, 7) is 3.90. The minimum Gasteiger partial charge on any atom is -0.490 e. The maximum absolute atomic E-state index is 12.9. The van der Waals surface area contributed by atoms with Crippen LogP contribution in [0.1, 0.15) is 31.4 Å². The Morgan fingerprint density at radius 2 is 1.97 bits per heavy atom. The molecule has 1 heterocycles. The van der Waals surface area contributed by atoms with Gasteiger partial charge in [0.1, 0.15) is 5.82 Å². The number of hydrogen-bond acceptors (Lipinski definition) is 5. The number of amides is 1. The molecule has 0 aliphatic carbocycles. The number of nitrogens with zero attached hydrogens (tertiary/aromatic N) is 2. The lowest BCUT2D eigenvalue weighted by atomic mass is 10.2. The van der Waals surface area contributed by atoms with Gasteiger partial charge in [-0.05, 0) is 38.5 Å². The Morgan fingerprint density at radius 1 is 1.18 bits per heavy atom. The number of hydrogen-bond donors (Lipinski definition) is 3. The van der Waals surface area contributed by atoms with Gasteiger partial charge in [-0.15, -0.1) is 24.0 Å². The van der Waals surface area contributed by atoms with Crippen LogP contribution >= 0.6 is 24.0 Å². The predicted molar refractivity (Wildman–Crippen MR) is 135 cm³/mol. The van der Waals surface area contributed by atoms with Crippen LogP contribution in [-0.2, 0) is 11.3 Å². The first-order valence-electron chi connectivity index (χ1n) is 10.4. The quantitative estimate of drug-likeness (QED) is 0.212. The molecule has 0 bridgehead atoms. The monoisotopic (exact) mass is 577 g/mol. The minimum absolute atomic E-state index is 0. The van der Waals surface area contributed by atoms with Gasteiger partial charge in [0, 0.05) is 31.3 Å². The number of halogens is 3. The van der Waals surface area contributed by atoms with Gasteiger partial charge in [0.25, 0.3) is 0 Å². The SMILES string of the molecule is CCNC(=NCc1cccc(OCC)c1OC(F)F)NCCC(=O)Nc1ccc(C)cn1.I. The molecule has 2 rings (SSSR count).